The number of benzene rings is 1. The van der Waals surface area contributed by atoms with Crippen molar-refractivity contribution in [1.82, 2.24) is 0 Å². The largest absolute Gasteiger partial charge is 0.465 e. The van der Waals surface area contributed by atoms with Gasteiger partial charge in [-0.3, -0.25) is 4.79 Å². The molecule has 1 aromatic carbocycles. The van der Waals surface area contributed by atoms with E-state index in [1.54, 1.807) is 12.1 Å². The number of esters is 1. The molecule has 0 bridgehead atoms. The number of methoxy groups -OCH3 is 1. The van der Waals surface area contributed by atoms with Crippen molar-refractivity contribution in [2.24, 2.45) is 10.8 Å². The molecule has 26 heavy (non-hydrogen) atoms. The molecule has 0 fully saturated rings. The first kappa shape index (κ1) is 19.9. The van der Waals surface area contributed by atoms with Crippen molar-refractivity contribution in [2.75, 3.05) is 7.11 Å². The Morgan fingerprint density at radius 2 is 1.35 bits per heavy atom. The lowest BCUT2D eigenvalue weighted by atomic mass is 9.72. The maximum absolute atomic E-state index is 13.0. The molecule has 1 aromatic rings. The molecule has 2 rings (SSSR count). The Labute approximate surface area is 156 Å². The van der Waals surface area contributed by atoms with Gasteiger partial charge in [0.25, 0.3) is 0 Å². The topological polar surface area (TPSA) is 43.4 Å². The number of ketones is 1. The van der Waals surface area contributed by atoms with Crippen LogP contribution in [0.25, 0.3) is 6.08 Å². The standard InChI is InChI=1S/C23H28O3/c1-22(2,3)18-13-16(14-19(20(18)24)23(4,5)6)12-15-8-10-17(11-9-15)21(25)26-7/h8-14H,1-7H3. The van der Waals surface area contributed by atoms with Crippen LogP contribution in [0.3, 0.4) is 0 Å². The highest BCUT2D eigenvalue weighted by Gasteiger charge is 2.33. The lowest BCUT2D eigenvalue weighted by Crippen LogP contribution is -2.27. The molecule has 0 unspecified atom stereocenters. The maximum Gasteiger partial charge on any atom is 0.337 e. The normalized spacial score (nSPS) is 15.3. The highest BCUT2D eigenvalue weighted by molar-refractivity contribution is 6.12. The van der Waals surface area contributed by atoms with E-state index in [2.05, 4.69) is 41.5 Å². The molecule has 138 valence electrons. The molecule has 3 nitrogen and oxygen atoms in total. The SMILES string of the molecule is COC(=O)c1ccc(C=C2C=C(C(C)(C)C)C(=O)C(C(C)(C)C)=C2)cc1. The first-order valence-corrected chi connectivity index (χ1v) is 8.82. The fourth-order valence-corrected chi connectivity index (χ4v) is 2.87. The molecular formula is C23H28O3. The van der Waals surface area contributed by atoms with Crippen molar-refractivity contribution in [3.05, 3.63) is 64.3 Å². The molecule has 0 N–H and O–H groups in total. The number of allylic oxidation sites excluding steroid dienone is 5. The molecule has 0 atom stereocenters. The van der Waals surface area contributed by atoms with E-state index in [4.69, 9.17) is 4.74 Å². The van der Waals surface area contributed by atoms with Crippen molar-refractivity contribution in [2.45, 2.75) is 41.5 Å². The molecular weight excluding hydrogens is 324 g/mol. The van der Waals surface area contributed by atoms with Gasteiger partial charge in [0.15, 0.2) is 5.78 Å². The Kier molecular flexibility index (Phi) is 5.41. The fourth-order valence-electron chi connectivity index (χ4n) is 2.87. The predicted molar refractivity (Wildman–Crippen MR) is 106 cm³/mol. The number of carbonyl (C=O) groups excluding carboxylic acids is 2. The van der Waals surface area contributed by atoms with E-state index in [-0.39, 0.29) is 22.6 Å². The average molecular weight is 352 g/mol. The molecule has 1 aliphatic rings. The molecule has 1 aliphatic carbocycles. The van der Waals surface area contributed by atoms with Crippen LogP contribution < -0.4 is 0 Å². The van der Waals surface area contributed by atoms with E-state index in [1.165, 1.54) is 7.11 Å². The second-order valence-corrected chi connectivity index (χ2v) is 8.70. The zero-order valence-electron chi connectivity index (χ0n) is 16.8. The summed E-state index contributed by atoms with van der Waals surface area (Å²) in [5.74, 6) is -0.222. The number of rotatable bonds is 2. The summed E-state index contributed by atoms with van der Waals surface area (Å²) < 4.78 is 4.73. The zero-order chi connectivity index (χ0) is 19.7. The van der Waals surface area contributed by atoms with Gasteiger partial charge in [0, 0.05) is 11.1 Å². The summed E-state index contributed by atoms with van der Waals surface area (Å²) in [6.07, 6.45) is 5.99. The third-order valence-corrected chi connectivity index (χ3v) is 4.39. The highest BCUT2D eigenvalue weighted by Crippen LogP contribution is 2.39. The lowest BCUT2D eigenvalue weighted by Gasteiger charge is -2.31. The van der Waals surface area contributed by atoms with Gasteiger partial charge in [-0.05, 0) is 52.3 Å². The number of ether oxygens (including phenoxy) is 1. The Morgan fingerprint density at radius 1 is 0.885 bits per heavy atom. The summed E-state index contributed by atoms with van der Waals surface area (Å²) in [6, 6.07) is 7.25. The van der Waals surface area contributed by atoms with Crippen molar-refractivity contribution in [3.8, 4) is 0 Å². The number of hydrogen-bond acceptors (Lipinski definition) is 3. The fraction of sp³-hybridized carbons (Fsp3) is 0.391. The molecule has 0 saturated carbocycles. The van der Waals surface area contributed by atoms with Crippen LogP contribution >= 0.6 is 0 Å². The lowest BCUT2D eigenvalue weighted by molar-refractivity contribution is -0.114. The van der Waals surface area contributed by atoms with Gasteiger partial charge in [-0.2, -0.15) is 0 Å². The van der Waals surface area contributed by atoms with Crippen molar-refractivity contribution in [3.63, 3.8) is 0 Å². The van der Waals surface area contributed by atoms with E-state index >= 15 is 0 Å². The molecule has 0 heterocycles. The van der Waals surface area contributed by atoms with Gasteiger partial charge < -0.3 is 4.74 Å². The van der Waals surface area contributed by atoms with Crippen LogP contribution in [-0.2, 0) is 9.53 Å². The van der Waals surface area contributed by atoms with Crippen molar-refractivity contribution >= 4 is 17.8 Å². The highest BCUT2D eigenvalue weighted by atomic mass is 16.5. The minimum atomic E-state index is -0.350. The molecule has 3 heteroatoms. The monoisotopic (exact) mass is 352 g/mol. The van der Waals surface area contributed by atoms with Gasteiger partial charge in [-0.1, -0.05) is 53.7 Å². The van der Waals surface area contributed by atoms with Crippen LogP contribution in [0.1, 0.15) is 57.5 Å². The molecule has 0 radical (unpaired) electrons. The summed E-state index contributed by atoms with van der Waals surface area (Å²) >= 11 is 0. The Morgan fingerprint density at radius 3 is 1.73 bits per heavy atom. The summed E-state index contributed by atoms with van der Waals surface area (Å²) in [4.78, 5) is 24.5. The van der Waals surface area contributed by atoms with Gasteiger partial charge in [-0.25, -0.2) is 4.79 Å². The van der Waals surface area contributed by atoms with Crippen LogP contribution in [0.5, 0.6) is 0 Å². The van der Waals surface area contributed by atoms with Crippen LogP contribution in [-0.4, -0.2) is 18.9 Å². The number of carbonyl (C=O) groups is 2. The van der Waals surface area contributed by atoms with Crippen LogP contribution in [0.15, 0.2) is 53.1 Å². The van der Waals surface area contributed by atoms with Crippen LogP contribution in [0.4, 0.5) is 0 Å². The van der Waals surface area contributed by atoms with Gasteiger partial charge in [0.1, 0.15) is 0 Å². The average Bonchev–Trinajstić information content (AvgIpc) is 2.54. The van der Waals surface area contributed by atoms with Crippen LogP contribution in [0.2, 0.25) is 0 Å². The summed E-state index contributed by atoms with van der Waals surface area (Å²) in [6.45, 7) is 12.4. The molecule has 0 amide bonds. The van der Waals surface area contributed by atoms with E-state index in [0.717, 1.165) is 22.3 Å². The van der Waals surface area contributed by atoms with Crippen LogP contribution in [0, 0.1) is 10.8 Å². The summed E-state index contributed by atoms with van der Waals surface area (Å²) in [5.41, 5.74) is 3.67. The second kappa shape index (κ2) is 7.06. The van der Waals surface area contributed by atoms with Gasteiger partial charge in [0.2, 0.25) is 0 Å². The van der Waals surface area contributed by atoms with Crippen molar-refractivity contribution in [1.29, 1.82) is 0 Å². The second-order valence-electron chi connectivity index (χ2n) is 8.70. The first-order valence-electron chi connectivity index (χ1n) is 8.82. The van der Waals surface area contributed by atoms with Gasteiger partial charge in [0.05, 0.1) is 12.7 Å². The Balaban J connectivity index is 2.49. The summed E-state index contributed by atoms with van der Waals surface area (Å²) in [5, 5.41) is 0. The number of hydrogen-bond donors (Lipinski definition) is 0. The third-order valence-electron chi connectivity index (χ3n) is 4.39. The van der Waals surface area contributed by atoms with E-state index in [9.17, 15) is 9.59 Å². The molecule has 0 aliphatic heterocycles. The Hall–Kier alpha value is -2.42. The Bertz CT molecular complexity index is 768. The molecule has 0 saturated heterocycles. The van der Waals surface area contributed by atoms with E-state index in [1.807, 2.05) is 30.4 Å². The van der Waals surface area contributed by atoms with E-state index < -0.39 is 0 Å². The minimum Gasteiger partial charge on any atom is -0.465 e. The smallest absolute Gasteiger partial charge is 0.337 e. The molecule has 0 spiro atoms. The zero-order valence-corrected chi connectivity index (χ0v) is 16.8. The van der Waals surface area contributed by atoms with E-state index in [0.29, 0.717) is 5.56 Å². The maximum atomic E-state index is 13.0. The third kappa shape index (κ3) is 4.40. The first-order chi connectivity index (χ1) is 11.9. The summed E-state index contributed by atoms with van der Waals surface area (Å²) in [7, 11) is 1.37. The van der Waals surface area contributed by atoms with Crippen molar-refractivity contribution < 1.29 is 14.3 Å². The quantitative estimate of drug-likeness (QED) is 0.671. The number of Topliss-reactive ketones (excluding diaryl/α,β-unsaturated/α-hetero) is 1. The molecule has 0 aromatic heterocycles. The van der Waals surface area contributed by atoms with Gasteiger partial charge in [-0.15, -0.1) is 0 Å². The van der Waals surface area contributed by atoms with Gasteiger partial charge >= 0.3 is 5.97 Å². The minimum absolute atomic E-state index is 0.128. The predicted octanol–water partition coefficient (Wildman–Crippen LogP) is 5.38.